The second-order valence-electron chi connectivity index (χ2n) is 4.11. The number of halogens is 3. The number of hydrogen-bond acceptors (Lipinski definition) is 1. The Balaban J connectivity index is 2.51. The highest BCUT2D eigenvalue weighted by atomic mass is 35.5. The van der Waals surface area contributed by atoms with E-state index in [1.54, 1.807) is 0 Å². The van der Waals surface area contributed by atoms with Crippen molar-refractivity contribution < 1.29 is 8.78 Å². The van der Waals surface area contributed by atoms with E-state index < -0.39 is 17.2 Å². The lowest BCUT2D eigenvalue weighted by molar-refractivity contribution is 0.428. The quantitative estimate of drug-likeness (QED) is 0.732. The van der Waals surface area contributed by atoms with E-state index in [-0.39, 0.29) is 5.02 Å². The Morgan fingerprint density at radius 1 is 1.40 bits per heavy atom. The molecule has 0 amide bonds. The highest BCUT2D eigenvalue weighted by Gasteiger charge is 2.33. The molecule has 0 bridgehead atoms. The van der Waals surface area contributed by atoms with Crippen LogP contribution in [0.15, 0.2) is 12.1 Å². The Bertz CT molecular complexity index is 386. The van der Waals surface area contributed by atoms with Crippen LogP contribution < -0.4 is 5.32 Å². The summed E-state index contributed by atoms with van der Waals surface area (Å²) in [5.74, 6) is -1.27. The van der Waals surface area contributed by atoms with Crippen LogP contribution in [0.5, 0.6) is 0 Å². The van der Waals surface area contributed by atoms with Gasteiger partial charge in [-0.05, 0) is 37.9 Å². The molecule has 82 valence electrons. The molecule has 0 saturated carbocycles. The van der Waals surface area contributed by atoms with Crippen LogP contribution in [0.2, 0.25) is 5.02 Å². The fourth-order valence-electron chi connectivity index (χ4n) is 2.08. The molecule has 0 aliphatic carbocycles. The zero-order chi connectivity index (χ0) is 11.1. The van der Waals surface area contributed by atoms with E-state index in [4.69, 9.17) is 11.6 Å². The Kier molecular flexibility index (Phi) is 2.69. The molecule has 1 unspecified atom stereocenters. The van der Waals surface area contributed by atoms with Crippen LogP contribution in [0.3, 0.4) is 0 Å². The normalized spacial score (nSPS) is 25.9. The first-order chi connectivity index (χ1) is 7.03. The van der Waals surface area contributed by atoms with Gasteiger partial charge >= 0.3 is 0 Å². The van der Waals surface area contributed by atoms with Crippen LogP contribution in [-0.2, 0) is 5.54 Å². The van der Waals surface area contributed by atoms with Crippen molar-refractivity contribution in [2.24, 2.45) is 0 Å². The molecule has 1 fully saturated rings. The SMILES string of the molecule is CC1(c2cc(F)cc(F)c2Cl)CCCN1. The number of hydrogen-bond donors (Lipinski definition) is 1. The first-order valence-corrected chi connectivity index (χ1v) is 5.31. The lowest BCUT2D eigenvalue weighted by Crippen LogP contribution is -2.33. The monoisotopic (exact) mass is 231 g/mol. The maximum atomic E-state index is 13.3. The van der Waals surface area contributed by atoms with Crippen molar-refractivity contribution in [2.75, 3.05) is 6.54 Å². The molecule has 15 heavy (non-hydrogen) atoms. The summed E-state index contributed by atoms with van der Waals surface area (Å²) in [4.78, 5) is 0. The average Bonchev–Trinajstić information content (AvgIpc) is 2.59. The molecule has 1 aromatic rings. The maximum absolute atomic E-state index is 13.3. The van der Waals surface area contributed by atoms with Crippen molar-refractivity contribution in [3.8, 4) is 0 Å². The molecule has 4 heteroatoms. The van der Waals surface area contributed by atoms with Crippen LogP contribution in [-0.4, -0.2) is 6.54 Å². The summed E-state index contributed by atoms with van der Waals surface area (Å²) in [6.07, 6.45) is 1.83. The molecule has 0 aromatic heterocycles. The van der Waals surface area contributed by atoms with Crippen LogP contribution in [0.4, 0.5) is 8.78 Å². The summed E-state index contributed by atoms with van der Waals surface area (Å²) in [5.41, 5.74) is 0.110. The van der Waals surface area contributed by atoms with E-state index >= 15 is 0 Å². The van der Waals surface area contributed by atoms with Gasteiger partial charge in [-0.2, -0.15) is 0 Å². The Morgan fingerprint density at radius 2 is 2.13 bits per heavy atom. The molecule has 1 N–H and O–H groups in total. The predicted molar refractivity (Wildman–Crippen MR) is 56.0 cm³/mol. The third kappa shape index (κ3) is 1.86. The first-order valence-electron chi connectivity index (χ1n) is 4.93. The molecule has 1 aliphatic rings. The van der Waals surface area contributed by atoms with Gasteiger partial charge in [-0.15, -0.1) is 0 Å². The van der Waals surface area contributed by atoms with Gasteiger partial charge < -0.3 is 5.32 Å². The van der Waals surface area contributed by atoms with Gasteiger partial charge in [0, 0.05) is 11.6 Å². The molecule has 2 rings (SSSR count). The highest BCUT2D eigenvalue weighted by molar-refractivity contribution is 6.31. The van der Waals surface area contributed by atoms with Gasteiger partial charge in [0.1, 0.15) is 11.6 Å². The Labute approximate surface area is 92.4 Å². The molecular formula is C11H12ClF2N. The van der Waals surface area contributed by atoms with E-state index in [9.17, 15) is 8.78 Å². The summed E-state index contributed by atoms with van der Waals surface area (Å²) in [5, 5.41) is 3.25. The largest absolute Gasteiger partial charge is 0.308 e. The molecule has 1 heterocycles. The van der Waals surface area contributed by atoms with E-state index in [1.165, 1.54) is 6.07 Å². The minimum atomic E-state index is -0.693. The molecular weight excluding hydrogens is 220 g/mol. The third-order valence-corrected chi connectivity index (χ3v) is 3.34. The van der Waals surface area contributed by atoms with E-state index in [1.807, 2.05) is 6.92 Å². The van der Waals surface area contributed by atoms with E-state index in [2.05, 4.69) is 5.32 Å². The zero-order valence-corrected chi connectivity index (χ0v) is 9.17. The molecule has 1 saturated heterocycles. The standard InChI is InChI=1S/C11H12ClF2N/c1-11(3-2-4-15-11)8-5-7(13)6-9(14)10(8)12/h5-6,15H,2-4H2,1H3. The smallest absolute Gasteiger partial charge is 0.145 e. The second kappa shape index (κ2) is 3.72. The van der Waals surface area contributed by atoms with Gasteiger partial charge in [-0.1, -0.05) is 11.6 Å². The summed E-state index contributed by atoms with van der Waals surface area (Å²) in [6, 6.07) is 2.12. The van der Waals surface area contributed by atoms with Crippen molar-refractivity contribution in [2.45, 2.75) is 25.3 Å². The van der Waals surface area contributed by atoms with Gasteiger partial charge in [0.2, 0.25) is 0 Å². The molecule has 1 atom stereocenters. The van der Waals surface area contributed by atoms with Gasteiger partial charge in [0.15, 0.2) is 0 Å². The van der Waals surface area contributed by atoms with Crippen molar-refractivity contribution >= 4 is 11.6 Å². The molecule has 0 radical (unpaired) electrons. The summed E-state index contributed by atoms with van der Waals surface area (Å²) in [7, 11) is 0. The van der Waals surface area contributed by atoms with Gasteiger partial charge in [-0.3, -0.25) is 0 Å². The Morgan fingerprint density at radius 3 is 2.73 bits per heavy atom. The van der Waals surface area contributed by atoms with Crippen molar-refractivity contribution in [3.05, 3.63) is 34.4 Å². The van der Waals surface area contributed by atoms with Crippen LogP contribution >= 0.6 is 11.6 Å². The number of benzene rings is 1. The fourth-order valence-corrected chi connectivity index (χ4v) is 2.40. The van der Waals surface area contributed by atoms with E-state index in [0.29, 0.717) is 5.56 Å². The second-order valence-corrected chi connectivity index (χ2v) is 4.49. The predicted octanol–water partition coefficient (Wildman–Crippen LogP) is 3.22. The topological polar surface area (TPSA) is 12.0 Å². The van der Waals surface area contributed by atoms with Crippen molar-refractivity contribution in [1.29, 1.82) is 0 Å². The minimum Gasteiger partial charge on any atom is -0.308 e. The van der Waals surface area contributed by atoms with Crippen molar-refractivity contribution in [1.82, 2.24) is 5.32 Å². The molecule has 1 aromatic carbocycles. The highest BCUT2D eigenvalue weighted by Crippen LogP contribution is 2.36. The van der Waals surface area contributed by atoms with Crippen LogP contribution in [0, 0.1) is 11.6 Å². The summed E-state index contributed by atoms with van der Waals surface area (Å²) < 4.78 is 26.4. The minimum absolute atomic E-state index is 0.0216. The Hall–Kier alpha value is -0.670. The zero-order valence-electron chi connectivity index (χ0n) is 8.41. The third-order valence-electron chi connectivity index (χ3n) is 2.96. The maximum Gasteiger partial charge on any atom is 0.145 e. The lowest BCUT2D eigenvalue weighted by Gasteiger charge is -2.26. The lowest BCUT2D eigenvalue weighted by atomic mass is 9.90. The average molecular weight is 232 g/mol. The summed E-state index contributed by atoms with van der Waals surface area (Å²) >= 11 is 5.85. The molecule has 1 aliphatic heterocycles. The number of rotatable bonds is 1. The van der Waals surface area contributed by atoms with Crippen molar-refractivity contribution in [3.63, 3.8) is 0 Å². The fraction of sp³-hybridized carbons (Fsp3) is 0.455. The molecule has 1 nitrogen and oxygen atoms in total. The number of nitrogens with one attached hydrogen (secondary N) is 1. The first kappa shape index (κ1) is 10.8. The van der Waals surface area contributed by atoms with Gasteiger partial charge in [0.25, 0.3) is 0 Å². The van der Waals surface area contributed by atoms with Gasteiger partial charge in [0.05, 0.1) is 5.02 Å². The van der Waals surface area contributed by atoms with E-state index in [0.717, 1.165) is 25.5 Å². The summed E-state index contributed by atoms with van der Waals surface area (Å²) in [6.45, 7) is 2.77. The van der Waals surface area contributed by atoms with Crippen LogP contribution in [0.1, 0.15) is 25.3 Å². The van der Waals surface area contributed by atoms with Crippen LogP contribution in [0.25, 0.3) is 0 Å². The van der Waals surface area contributed by atoms with Gasteiger partial charge in [-0.25, -0.2) is 8.78 Å². The molecule has 0 spiro atoms.